The van der Waals surface area contributed by atoms with E-state index in [2.05, 4.69) is 56.3 Å². The van der Waals surface area contributed by atoms with Crippen molar-refractivity contribution in [2.24, 2.45) is 5.92 Å². The second-order valence-corrected chi connectivity index (χ2v) is 8.73. The first-order valence-electron chi connectivity index (χ1n) is 8.61. The van der Waals surface area contributed by atoms with E-state index in [1.807, 2.05) is 29.6 Å². The zero-order valence-electron chi connectivity index (χ0n) is 14.5. The summed E-state index contributed by atoms with van der Waals surface area (Å²) >= 11 is 3.69. The molecule has 0 N–H and O–H groups in total. The lowest BCUT2D eigenvalue weighted by Gasteiger charge is -2.21. The van der Waals surface area contributed by atoms with E-state index in [-0.39, 0.29) is 18.0 Å². The van der Waals surface area contributed by atoms with Gasteiger partial charge in [0.15, 0.2) is 0 Å². The summed E-state index contributed by atoms with van der Waals surface area (Å²) in [5.41, 5.74) is 1.09. The summed E-state index contributed by atoms with van der Waals surface area (Å²) in [6, 6.07) is 15.1. The first-order valence-corrected chi connectivity index (χ1v) is 10.2. The zero-order valence-corrected chi connectivity index (χ0v) is 16.2. The van der Waals surface area contributed by atoms with E-state index < -0.39 is 0 Å². The lowest BCUT2D eigenvalue weighted by Crippen LogP contribution is -2.15. The molecule has 4 rings (SSSR count). The van der Waals surface area contributed by atoms with Crippen LogP contribution < -0.4 is 0 Å². The van der Waals surface area contributed by atoms with E-state index in [4.69, 9.17) is 4.74 Å². The summed E-state index contributed by atoms with van der Waals surface area (Å²) in [4.78, 5) is 11.8. The third-order valence-electron chi connectivity index (χ3n) is 4.49. The molecule has 0 saturated carbocycles. The molecule has 0 spiro atoms. The lowest BCUT2D eigenvalue weighted by atomic mass is 9.98. The molecule has 25 heavy (non-hydrogen) atoms. The van der Waals surface area contributed by atoms with Gasteiger partial charge in [-0.2, -0.15) is 0 Å². The molecule has 0 bridgehead atoms. The van der Waals surface area contributed by atoms with Crippen LogP contribution in [0.4, 0.5) is 0 Å². The standard InChI is InChI=1S/C21H20O2S2/c1-4-18(22)23-19(12(2)3)13-9-10-15-17(11-13)25-20-14-7-5-6-8-16(14)24-21(15)20/h5-12,19H,4H2,1-3H3. The molecule has 0 aliphatic carbocycles. The minimum absolute atomic E-state index is 0.142. The van der Waals surface area contributed by atoms with Gasteiger partial charge in [0.2, 0.25) is 0 Å². The van der Waals surface area contributed by atoms with Gasteiger partial charge in [-0.15, -0.1) is 22.7 Å². The molecular weight excluding hydrogens is 348 g/mol. The molecule has 4 aromatic rings. The fraction of sp³-hybridized carbons (Fsp3) is 0.286. The maximum atomic E-state index is 11.8. The minimum Gasteiger partial charge on any atom is -0.457 e. The van der Waals surface area contributed by atoms with Crippen molar-refractivity contribution in [2.75, 3.05) is 0 Å². The maximum absolute atomic E-state index is 11.8. The molecule has 2 aromatic carbocycles. The summed E-state index contributed by atoms with van der Waals surface area (Å²) in [5, 5.41) is 2.64. The number of carbonyl (C=O) groups is 1. The van der Waals surface area contributed by atoms with E-state index in [1.54, 1.807) is 0 Å². The monoisotopic (exact) mass is 368 g/mol. The van der Waals surface area contributed by atoms with Gasteiger partial charge in [-0.1, -0.05) is 51.1 Å². The Labute approximate surface area is 155 Å². The summed E-state index contributed by atoms with van der Waals surface area (Å²) < 4.78 is 11.0. The third-order valence-corrected chi connectivity index (χ3v) is 7.01. The second-order valence-electron chi connectivity index (χ2n) is 6.62. The van der Waals surface area contributed by atoms with Crippen LogP contribution in [0.2, 0.25) is 0 Å². The Bertz CT molecular complexity index is 1070. The second kappa shape index (κ2) is 6.43. The predicted molar refractivity (Wildman–Crippen MR) is 109 cm³/mol. The molecular formula is C21H20O2S2. The highest BCUT2D eigenvalue weighted by Crippen LogP contribution is 2.44. The highest BCUT2D eigenvalue weighted by molar-refractivity contribution is 7.36. The number of carbonyl (C=O) groups excluding carboxylic acids is 1. The topological polar surface area (TPSA) is 26.3 Å². The quantitative estimate of drug-likeness (QED) is 0.365. The first-order chi connectivity index (χ1) is 12.1. The molecule has 4 heteroatoms. The number of thiophene rings is 2. The van der Waals surface area contributed by atoms with Gasteiger partial charge < -0.3 is 4.74 Å². The molecule has 0 radical (unpaired) electrons. The average molecular weight is 369 g/mol. The molecule has 0 saturated heterocycles. The zero-order chi connectivity index (χ0) is 17.6. The number of ether oxygens (including phenoxy) is 1. The Morgan fingerprint density at radius 2 is 1.68 bits per heavy atom. The van der Waals surface area contributed by atoms with E-state index in [0.717, 1.165) is 5.56 Å². The van der Waals surface area contributed by atoms with Crippen LogP contribution in [0.1, 0.15) is 38.9 Å². The van der Waals surface area contributed by atoms with Crippen LogP contribution >= 0.6 is 22.7 Å². The largest absolute Gasteiger partial charge is 0.457 e. The number of rotatable bonds is 4. The summed E-state index contributed by atoms with van der Waals surface area (Å²) in [6.07, 6.45) is 0.223. The van der Waals surface area contributed by atoms with Crippen LogP contribution in [0.5, 0.6) is 0 Å². The van der Waals surface area contributed by atoms with Crippen LogP contribution in [0.25, 0.3) is 29.6 Å². The van der Waals surface area contributed by atoms with Crippen molar-refractivity contribution in [3.63, 3.8) is 0 Å². The van der Waals surface area contributed by atoms with E-state index in [9.17, 15) is 4.79 Å². The molecule has 0 fully saturated rings. The van der Waals surface area contributed by atoms with Gasteiger partial charge in [0.25, 0.3) is 0 Å². The number of fused-ring (bicyclic) bond motifs is 5. The Balaban J connectivity index is 1.84. The Morgan fingerprint density at radius 3 is 2.40 bits per heavy atom. The molecule has 0 aliphatic heterocycles. The van der Waals surface area contributed by atoms with Crippen molar-refractivity contribution in [1.82, 2.24) is 0 Å². The number of benzene rings is 2. The molecule has 0 amide bonds. The Hall–Kier alpha value is -1.91. The molecule has 0 aliphatic rings. The van der Waals surface area contributed by atoms with Crippen LogP contribution in [-0.2, 0) is 9.53 Å². The minimum atomic E-state index is -0.186. The molecule has 1 atom stereocenters. The van der Waals surface area contributed by atoms with Crippen LogP contribution in [0.3, 0.4) is 0 Å². The molecule has 2 nitrogen and oxygen atoms in total. The number of esters is 1. The SMILES string of the molecule is CCC(=O)OC(c1ccc2c(c1)sc1c3ccccc3sc21)C(C)C. The summed E-state index contributed by atoms with van der Waals surface area (Å²) in [5.74, 6) is 0.104. The van der Waals surface area contributed by atoms with Gasteiger partial charge >= 0.3 is 5.97 Å². The highest BCUT2D eigenvalue weighted by Gasteiger charge is 2.21. The van der Waals surface area contributed by atoms with E-state index >= 15 is 0 Å². The van der Waals surface area contributed by atoms with Gasteiger partial charge in [0.1, 0.15) is 6.10 Å². The van der Waals surface area contributed by atoms with Crippen LogP contribution in [0, 0.1) is 5.92 Å². The van der Waals surface area contributed by atoms with Gasteiger partial charge in [-0.25, -0.2) is 0 Å². The normalized spacial score (nSPS) is 13.1. The van der Waals surface area contributed by atoms with Gasteiger partial charge in [-0.05, 0) is 23.6 Å². The summed E-state index contributed by atoms with van der Waals surface area (Å²) in [7, 11) is 0. The first kappa shape index (κ1) is 16.6. The Kier molecular flexibility index (Phi) is 4.26. The van der Waals surface area contributed by atoms with Crippen LogP contribution in [0.15, 0.2) is 42.5 Å². The third kappa shape index (κ3) is 2.83. The molecule has 2 heterocycles. The fourth-order valence-corrected chi connectivity index (χ4v) is 5.91. The van der Waals surface area contributed by atoms with E-state index in [1.165, 1.54) is 29.6 Å². The van der Waals surface area contributed by atoms with Crippen molar-refractivity contribution in [2.45, 2.75) is 33.3 Å². The van der Waals surface area contributed by atoms with Crippen LogP contribution in [-0.4, -0.2) is 5.97 Å². The molecule has 2 aromatic heterocycles. The predicted octanol–water partition coefficient (Wildman–Crippen LogP) is 6.92. The van der Waals surface area contributed by atoms with Crippen molar-refractivity contribution < 1.29 is 9.53 Å². The highest BCUT2D eigenvalue weighted by atomic mass is 32.1. The molecule has 128 valence electrons. The van der Waals surface area contributed by atoms with Crippen molar-refractivity contribution in [1.29, 1.82) is 0 Å². The summed E-state index contributed by atoms with van der Waals surface area (Å²) in [6.45, 7) is 6.03. The number of hydrogen-bond acceptors (Lipinski definition) is 4. The van der Waals surface area contributed by atoms with Crippen molar-refractivity contribution in [3.05, 3.63) is 48.0 Å². The van der Waals surface area contributed by atoms with Gasteiger partial charge in [0.05, 0.1) is 9.40 Å². The lowest BCUT2D eigenvalue weighted by molar-refractivity contribution is -0.151. The number of hydrogen-bond donors (Lipinski definition) is 0. The van der Waals surface area contributed by atoms with Gasteiger partial charge in [-0.3, -0.25) is 4.79 Å². The van der Waals surface area contributed by atoms with Crippen molar-refractivity contribution >= 4 is 58.2 Å². The maximum Gasteiger partial charge on any atom is 0.306 e. The fourth-order valence-electron chi connectivity index (χ4n) is 3.21. The smallest absolute Gasteiger partial charge is 0.306 e. The van der Waals surface area contributed by atoms with E-state index in [0.29, 0.717) is 6.42 Å². The average Bonchev–Trinajstić information content (AvgIpc) is 3.14. The van der Waals surface area contributed by atoms with Gasteiger partial charge in [0, 0.05) is 26.6 Å². The van der Waals surface area contributed by atoms with Crippen molar-refractivity contribution in [3.8, 4) is 0 Å². The molecule has 1 unspecified atom stereocenters. The Morgan fingerprint density at radius 1 is 1.00 bits per heavy atom.